The number of hydrogen-bond acceptors (Lipinski definition) is 2. The van der Waals surface area contributed by atoms with Crippen LogP contribution in [-0.2, 0) is 4.79 Å². The van der Waals surface area contributed by atoms with Crippen molar-refractivity contribution in [3.05, 3.63) is 0 Å². The molecule has 0 unspecified atom stereocenters. The zero-order valence-corrected chi connectivity index (χ0v) is 8.05. The zero-order valence-electron chi connectivity index (χ0n) is 8.05. The summed E-state index contributed by atoms with van der Waals surface area (Å²) in [6.07, 6.45) is 4.79. The number of carbonyl (C=O) groups is 1. The molecule has 0 amide bonds. The molecule has 0 saturated heterocycles. The van der Waals surface area contributed by atoms with E-state index in [9.17, 15) is 4.79 Å². The molecule has 0 aliphatic rings. The lowest BCUT2D eigenvalue weighted by Crippen LogP contribution is -2.26. The molecular weight excluding hydrogens is 154 g/mol. The van der Waals surface area contributed by atoms with Crippen LogP contribution in [-0.4, -0.2) is 36.1 Å². The van der Waals surface area contributed by atoms with Gasteiger partial charge in [0.05, 0.1) is 6.54 Å². The summed E-state index contributed by atoms with van der Waals surface area (Å²) in [7, 11) is 1.85. The fourth-order valence-corrected chi connectivity index (χ4v) is 1.12. The van der Waals surface area contributed by atoms with Gasteiger partial charge in [0.15, 0.2) is 0 Å². The average molecular weight is 173 g/mol. The smallest absolute Gasteiger partial charge is 0.317 e. The van der Waals surface area contributed by atoms with Crippen LogP contribution >= 0.6 is 0 Å². The maximum atomic E-state index is 10.3. The van der Waals surface area contributed by atoms with E-state index in [0.29, 0.717) is 0 Å². The lowest BCUT2D eigenvalue weighted by molar-refractivity contribution is -0.137. The Balaban J connectivity index is 3.19. The van der Waals surface area contributed by atoms with E-state index in [2.05, 4.69) is 6.92 Å². The van der Waals surface area contributed by atoms with E-state index in [0.717, 1.165) is 13.0 Å². The van der Waals surface area contributed by atoms with Crippen molar-refractivity contribution in [3.63, 3.8) is 0 Å². The lowest BCUT2D eigenvalue weighted by Gasteiger charge is -2.12. The Morgan fingerprint density at radius 2 is 2.00 bits per heavy atom. The Morgan fingerprint density at radius 1 is 1.33 bits per heavy atom. The van der Waals surface area contributed by atoms with Crippen molar-refractivity contribution < 1.29 is 9.90 Å². The third-order valence-electron chi connectivity index (χ3n) is 1.80. The number of carboxylic acids is 1. The van der Waals surface area contributed by atoms with Crippen LogP contribution in [0.25, 0.3) is 0 Å². The number of aliphatic carboxylic acids is 1. The van der Waals surface area contributed by atoms with Crippen molar-refractivity contribution in [1.29, 1.82) is 0 Å². The molecule has 0 aliphatic heterocycles. The van der Waals surface area contributed by atoms with Gasteiger partial charge in [-0.25, -0.2) is 0 Å². The normalized spacial score (nSPS) is 10.6. The van der Waals surface area contributed by atoms with E-state index >= 15 is 0 Å². The third kappa shape index (κ3) is 7.54. The number of hydrogen-bond donors (Lipinski definition) is 1. The van der Waals surface area contributed by atoms with Gasteiger partial charge < -0.3 is 5.11 Å². The van der Waals surface area contributed by atoms with Crippen LogP contribution in [0.5, 0.6) is 0 Å². The van der Waals surface area contributed by atoms with Crippen LogP contribution in [0.3, 0.4) is 0 Å². The number of rotatable bonds is 7. The molecule has 0 aromatic rings. The average Bonchev–Trinajstić information content (AvgIpc) is 1.97. The molecule has 0 bridgehead atoms. The quantitative estimate of drug-likeness (QED) is 0.594. The van der Waals surface area contributed by atoms with Crippen molar-refractivity contribution >= 4 is 5.97 Å². The van der Waals surface area contributed by atoms with Gasteiger partial charge in [-0.1, -0.05) is 26.2 Å². The molecule has 3 heteroatoms. The Hall–Kier alpha value is -0.570. The van der Waals surface area contributed by atoms with Crippen LogP contribution in [0.4, 0.5) is 0 Å². The summed E-state index contributed by atoms with van der Waals surface area (Å²) in [5, 5.41) is 8.44. The van der Waals surface area contributed by atoms with Gasteiger partial charge in [-0.2, -0.15) is 0 Å². The van der Waals surface area contributed by atoms with Crippen molar-refractivity contribution in [2.45, 2.75) is 32.6 Å². The van der Waals surface area contributed by atoms with E-state index in [1.807, 2.05) is 11.9 Å². The minimum absolute atomic E-state index is 0.159. The molecule has 0 fully saturated rings. The Morgan fingerprint density at radius 3 is 2.50 bits per heavy atom. The lowest BCUT2D eigenvalue weighted by atomic mass is 10.2. The van der Waals surface area contributed by atoms with E-state index in [1.54, 1.807) is 0 Å². The second-order valence-electron chi connectivity index (χ2n) is 3.19. The molecule has 0 aromatic carbocycles. The van der Waals surface area contributed by atoms with Crippen molar-refractivity contribution in [2.75, 3.05) is 20.1 Å². The predicted octanol–water partition coefficient (Wildman–Crippen LogP) is 1.58. The molecule has 3 nitrogen and oxygen atoms in total. The van der Waals surface area contributed by atoms with Gasteiger partial charge in [0.1, 0.15) is 0 Å². The highest BCUT2D eigenvalue weighted by Gasteiger charge is 2.02. The van der Waals surface area contributed by atoms with Crippen molar-refractivity contribution in [2.24, 2.45) is 0 Å². The summed E-state index contributed by atoms with van der Waals surface area (Å²) in [6, 6.07) is 0. The van der Waals surface area contributed by atoms with Gasteiger partial charge in [-0.3, -0.25) is 9.69 Å². The van der Waals surface area contributed by atoms with Crippen LogP contribution in [0, 0.1) is 0 Å². The van der Waals surface area contributed by atoms with E-state index in [-0.39, 0.29) is 6.54 Å². The second-order valence-corrected chi connectivity index (χ2v) is 3.19. The van der Waals surface area contributed by atoms with E-state index < -0.39 is 5.97 Å². The molecule has 0 aromatic heterocycles. The predicted molar refractivity (Wildman–Crippen MR) is 49.3 cm³/mol. The SMILES string of the molecule is CCCCCCN(C)CC(=O)O. The molecule has 72 valence electrons. The molecule has 0 saturated carbocycles. The first-order chi connectivity index (χ1) is 5.66. The summed E-state index contributed by atoms with van der Waals surface area (Å²) in [5.41, 5.74) is 0. The van der Waals surface area contributed by atoms with Crippen molar-refractivity contribution in [1.82, 2.24) is 4.90 Å². The van der Waals surface area contributed by atoms with Gasteiger partial charge in [0.2, 0.25) is 0 Å². The van der Waals surface area contributed by atoms with E-state index in [4.69, 9.17) is 5.11 Å². The molecule has 0 aliphatic carbocycles. The second kappa shape index (κ2) is 7.10. The topological polar surface area (TPSA) is 40.5 Å². The number of likely N-dealkylation sites (N-methyl/N-ethyl adjacent to an activating group) is 1. The van der Waals surface area contributed by atoms with Crippen LogP contribution in [0.15, 0.2) is 0 Å². The first-order valence-corrected chi connectivity index (χ1v) is 4.57. The standard InChI is InChI=1S/C9H19NO2/c1-3-4-5-6-7-10(2)8-9(11)12/h3-8H2,1-2H3,(H,11,12). The summed E-state index contributed by atoms with van der Waals surface area (Å²) < 4.78 is 0. The molecule has 0 heterocycles. The van der Waals surface area contributed by atoms with Gasteiger partial charge in [0.25, 0.3) is 0 Å². The van der Waals surface area contributed by atoms with Crippen molar-refractivity contribution in [3.8, 4) is 0 Å². The number of nitrogens with zero attached hydrogens (tertiary/aromatic N) is 1. The summed E-state index contributed by atoms with van der Waals surface area (Å²) in [6.45, 7) is 3.22. The maximum absolute atomic E-state index is 10.3. The fraction of sp³-hybridized carbons (Fsp3) is 0.889. The Labute approximate surface area is 74.4 Å². The first kappa shape index (κ1) is 11.4. The summed E-state index contributed by atoms with van der Waals surface area (Å²) in [5.74, 6) is -0.743. The number of unbranched alkanes of at least 4 members (excludes halogenated alkanes) is 3. The highest BCUT2D eigenvalue weighted by molar-refractivity contribution is 5.68. The van der Waals surface area contributed by atoms with Gasteiger partial charge in [-0.15, -0.1) is 0 Å². The van der Waals surface area contributed by atoms with Gasteiger partial charge in [-0.05, 0) is 20.0 Å². The Kier molecular flexibility index (Phi) is 6.76. The first-order valence-electron chi connectivity index (χ1n) is 4.57. The molecule has 0 radical (unpaired) electrons. The molecule has 0 spiro atoms. The van der Waals surface area contributed by atoms with Gasteiger partial charge in [0, 0.05) is 0 Å². The summed E-state index contributed by atoms with van der Waals surface area (Å²) in [4.78, 5) is 12.1. The van der Waals surface area contributed by atoms with Crippen LogP contribution < -0.4 is 0 Å². The summed E-state index contributed by atoms with van der Waals surface area (Å²) >= 11 is 0. The molecule has 12 heavy (non-hydrogen) atoms. The van der Waals surface area contributed by atoms with Gasteiger partial charge >= 0.3 is 5.97 Å². The highest BCUT2D eigenvalue weighted by atomic mass is 16.4. The Bertz CT molecular complexity index is 126. The third-order valence-corrected chi connectivity index (χ3v) is 1.80. The fourth-order valence-electron chi connectivity index (χ4n) is 1.12. The van der Waals surface area contributed by atoms with Crippen LogP contribution in [0.1, 0.15) is 32.6 Å². The molecule has 1 N–H and O–H groups in total. The van der Waals surface area contributed by atoms with E-state index in [1.165, 1.54) is 19.3 Å². The highest BCUT2D eigenvalue weighted by Crippen LogP contribution is 1.99. The van der Waals surface area contributed by atoms with Crippen LogP contribution in [0.2, 0.25) is 0 Å². The monoisotopic (exact) mass is 173 g/mol. The zero-order chi connectivity index (χ0) is 9.40. The minimum Gasteiger partial charge on any atom is -0.480 e. The number of carboxylic acid groups (broad SMARTS) is 1. The minimum atomic E-state index is -0.743. The molecular formula is C9H19NO2. The molecule has 0 rings (SSSR count). The maximum Gasteiger partial charge on any atom is 0.317 e. The molecule has 0 atom stereocenters. The largest absolute Gasteiger partial charge is 0.480 e.